The molecule has 2 aliphatic heterocycles. The molecule has 1 fully saturated rings. The molecule has 204 valence electrons. The quantitative estimate of drug-likeness (QED) is 0.319. The summed E-state index contributed by atoms with van der Waals surface area (Å²) in [6.45, 7) is 1.18. The molecule has 1 aromatic heterocycles. The smallest absolute Gasteiger partial charge is 0.410 e. The molecule has 2 aliphatic rings. The van der Waals surface area contributed by atoms with Gasteiger partial charge in [0.1, 0.15) is 5.82 Å². The Morgan fingerprint density at radius 3 is 2.46 bits per heavy atom. The van der Waals surface area contributed by atoms with E-state index in [2.05, 4.69) is 5.10 Å². The van der Waals surface area contributed by atoms with Crippen molar-refractivity contribution in [3.8, 4) is 5.69 Å². The zero-order valence-electron chi connectivity index (χ0n) is 21.1. The average molecular weight is 574 g/mol. The Morgan fingerprint density at radius 2 is 1.79 bits per heavy atom. The largest absolute Gasteiger partial charge is 0.453 e. The number of halogens is 3. The van der Waals surface area contributed by atoms with Gasteiger partial charge in [-0.3, -0.25) is 14.9 Å². The molecule has 0 aliphatic carbocycles. The maximum Gasteiger partial charge on any atom is 0.410 e. The topological polar surface area (TPSA) is 91.1 Å². The van der Waals surface area contributed by atoms with Gasteiger partial charge in [0, 0.05) is 23.7 Å². The molecule has 1 N–H and O–H groups in total. The first-order valence-corrected chi connectivity index (χ1v) is 13.2. The van der Waals surface area contributed by atoms with Gasteiger partial charge in [-0.2, -0.15) is 10.1 Å². The lowest BCUT2D eigenvalue weighted by molar-refractivity contribution is -0.208. The van der Waals surface area contributed by atoms with Gasteiger partial charge in [0.25, 0.3) is 0 Å². The summed E-state index contributed by atoms with van der Waals surface area (Å²) in [7, 11) is 1.27. The highest BCUT2D eigenvalue weighted by molar-refractivity contribution is 6.35. The molecule has 39 heavy (non-hydrogen) atoms. The molecule has 0 unspecified atom stereocenters. The number of benzene rings is 2. The third kappa shape index (κ3) is 5.51. The van der Waals surface area contributed by atoms with Gasteiger partial charge in [-0.25, -0.2) is 13.9 Å². The summed E-state index contributed by atoms with van der Waals surface area (Å²) in [6.07, 6.45) is 3.89. The molecule has 3 aromatic rings. The zero-order chi connectivity index (χ0) is 27.7. The van der Waals surface area contributed by atoms with E-state index in [4.69, 9.17) is 27.9 Å². The number of carbonyl (C=O) groups is 2. The van der Waals surface area contributed by atoms with Crippen LogP contribution in [0.25, 0.3) is 17.3 Å². The Balaban J connectivity index is 1.70. The third-order valence-corrected chi connectivity index (χ3v) is 7.30. The molecule has 1 saturated heterocycles. The maximum absolute atomic E-state index is 13.7. The molecule has 0 radical (unpaired) electrons. The van der Waals surface area contributed by atoms with Crippen molar-refractivity contribution in [1.29, 1.82) is 0 Å². The van der Waals surface area contributed by atoms with Crippen LogP contribution in [0, 0.1) is 5.82 Å². The number of methoxy groups -OCH3 is 1. The first kappa shape index (κ1) is 27.1. The predicted molar refractivity (Wildman–Crippen MR) is 144 cm³/mol. The lowest BCUT2D eigenvalue weighted by Crippen LogP contribution is -2.47. The van der Waals surface area contributed by atoms with Crippen LogP contribution < -0.4 is 0 Å². The minimum atomic E-state index is -0.732. The zero-order valence-corrected chi connectivity index (χ0v) is 22.6. The number of nitrogens with zero attached hydrogens (tertiary/aromatic N) is 5. The Labute approximate surface area is 234 Å². The Bertz CT molecular complexity index is 1440. The van der Waals surface area contributed by atoms with Gasteiger partial charge in [0.05, 0.1) is 36.6 Å². The molecule has 9 nitrogen and oxygen atoms in total. The number of hydrogen-bond acceptors (Lipinski definition) is 6. The van der Waals surface area contributed by atoms with Crippen molar-refractivity contribution in [1.82, 2.24) is 24.9 Å². The van der Waals surface area contributed by atoms with Crippen molar-refractivity contribution in [3.63, 3.8) is 0 Å². The molecule has 0 saturated carbocycles. The van der Waals surface area contributed by atoms with Crippen molar-refractivity contribution in [2.45, 2.75) is 25.8 Å². The van der Waals surface area contributed by atoms with E-state index in [1.54, 1.807) is 41.4 Å². The van der Waals surface area contributed by atoms with Crippen molar-refractivity contribution >= 4 is 46.9 Å². The molecule has 0 bridgehead atoms. The second-order valence-corrected chi connectivity index (χ2v) is 10.2. The lowest BCUT2D eigenvalue weighted by Gasteiger charge is -2.32. The highest BCUT2D eigenvalue weighted by atomic mass is 35.5. The Morgan fingerprint density at radius 1 is 1.08 bits per heavy atom. The van der Waals surface area contributed by atoms with Crippen LogP contribution in [0.3, 0.4) is 0 Å². The number of aromatic nitrogens is 2. The minimum Gasteiger partial charge on any atom is -0.453 e. The van der Waals surface area contributed by atoms with E-state index in [1.165, 1.54) is 28.8 Å². The van der Waals surface area contributed by atoms with E-state index in [0.29, 0.717) is 56.4 Å². The molecule has 0 atom stereocenters. The second-order valence-electron chi connectivity index (χ2n) is 9.34. The fourth-order valence-corrected chi connectivity index (χ4v) is 5.37. The van der Waals surface area contributed by atoms with Crippen molar-refractivity contribution in [3.05, 3.63) is 80.8 Å². The number of piperidine rings is 1. The summed E-state index contributed by atoms with van der Waals surface area (Å²) in [5.74, 6) is -1.12. The molecule has 2 aromatic carbocycles. The van der Waals surface area contributed by atoms with E-state index >= 15 is 0 Å². The fraction of sp³-hybridized carbons (Fsp3) is 0.296. The van der Waals surface area contributed by atoms with Gasteiger partial charge in [-0.05, 0) is 60.4 Å². The molecule has 2 amide bonds. The maximum atomic E-state index is 13.7. The standard InChI is InChI=1S/C27H26Cl2FN5O4/c1-39-27(37)32-15-18(13-17-5-8-20(30)9-6-17)25-21(16-32)24(26(36)35(38)33-11-3-2-4-12-33)31-34(25)23-10-7-19(28)14-22(23)29/h5-10,13-14,38H,2-4,11-12,15-16H2,1H3. The van der Waals surface area contributed by atoms with E-state index in [9.17, 15) is 19.2 Å². The number of hydrogen-bond donors (Lipinski definition) is 1. The first-order chi connectivity index (χ1) is 18.8. The summed E-state index contributed by atoms with van der Waals surface area (Å²) in [6, 6.07) is 10.8. The van der Waals surface area contributed by atoms with Crippen LogP contribution in [0.2, 0.25) is 10.0 Å². The number of rotatable bonds is 4. The molecule has 0 spiro atoms. The van der Waals surface area contributed by atoms with Crippen LogP contribution in [0.15, 0.2) is 42.5 Å². The van der Waals surface area contributed by atoms with E-state index in [0.717, 1.165) is 19.3 Å². The van der Waals surface area contributed by atoms with Crippen LogP contribution in [-0.2, 0) is 11.3 Å². The fourth-order valence-electron chi connectivity index (χ4n) is 4.88. The third-order valence-electron chi connectivity index (χ3n) is 6.76. The number of carbonyl (C=O) groups excluding carboxylic acids is 2. The van der Waals surface area contributed by atoms with Crippen LogP contribution in [0.5, 0.6) is 0 Å². The summed E-state index contributed by atoms with van der Waals surface area (Å²) in [5.41, 5.74) is 2.63. The molecular weight excluding hydrogens is 548 g/mol. The van der Waals surface area contributed by atoms with Crippen LogP contribution in [0.4, 0.5) is 9.18 Å². The number of hydrazine groups is 1. The van der Waals surface area contributed by atoms with Gasteiger partial charge in [0.2, 0.25) is 0 Å². The summed E-state index contributed by atoms with van der Waals surface area (Å²) in [4.78, 5) is 27.7. The Kier molecular flexibility index (Phi) is 7.90. The molecule has 5 rings (SSSR count). The van der Waals surface area contributed by atoms with Gasteiger partial charge in [0.15, 0.2) is 5.69 Å². The normalized spacial score (nSPS) is 16.7. The number of ether oxygens (including phenoxy) is 1. The second kappa shape index (κ2) is 11.4. The molecule has 3 heterocycles. The van der Waals surface area contributed by atoms with Gasteiger partial charge >= 0.3 is 12.0 Å². The van der Waals surface area contributed by atoms with Crippen molar-refractivity contribution in [2.75, 3.05) is 26.7 Å². The van der Waals surface area contributed by atoms with Gasteiger partial charge in [-0.1, -0.05) is 41.8 Å². The Hall–Kier alpha value is -3.44. The average Bonchev–Trinajstić information content (AvgIpc) is 3.33. The highest BCUT2D eigenvalue weighted by Crippen LogP contribution is 2.36. The summed E-state index contributed by atoms with van der Waals surface area (Å²) >= 11 is 12.7. The van der Waals surface area contributed by atoms with Crippen molar-refractivity contribution < 1.29 is 23.9 Å². The SMILES string of the molecule is COC(=O)N1CC(=Cc2ccc(F)cc2)c2c(c(C(=O)N(O)N3CCCCC3)nn2-c2ccc(Cl)cc2Cl)C1. The molecule has 12 heteroatoms. The molecular formula is C27H26Cl2FN5O4. The monoisotopic (exact) mass is 573 g/mol. The lowest BCUT2D eigenvalue weighted by atomic mass is 9.97. The number of hydroxylamine groups is 1. The first-order valence-electron chi connectivity index (χ1n) is 12.4. The van der Waals surface area contributed by atoms with Crippen LogP contribution in [-0.4, -0.2) is 68.8 Å². The van der Waals surface area contributed by atoms with E-state index < -0.39 is 12.0 Å². The van der Waals surface area contributed by atoms with E-state index in [-0.39, 0.29) is 24.6 Å². The van der Waals surface area contributed by atoms with Crippen LogP contribution >= 0.6 is 23.2 Å². The van der Waals surface area contributed by atoms with Gasteiger partial charge < -0.3 is 4.74 Å². The van der Waals surface area contributed by atoms with Gasteiger partial charge in [-0.15, -0.1) is 5.17 Å². The van der Waals surface area contributed by atoms with E-state index in [1.807, 2.05) is 0 Å². The number of amides is 2. The highest BCUT2D eigenvalue weighted by Gasteiger charge is 2.36. The van der Waals surface area contributed by atoms with Crippen LogP contribution in [0.1, 0.15) is 46.6 Å². The minimum absolute atomic E-state index is 0.00286. The number of fused-ring (bicyclic) bond motifs is 1. The predicted octanol–water partition coefficient (Wildman–Crippen LogP) is 5.67. The van der Waals surface area contributed by atoms with Crippen molar-refractivity contribution in [2.24, 2.45) is 0 Å². The summed E-state index contributed by atoms with van der Waals surface area (Å²) in [5, 5.41) is 18.4. The summed E-state index contributed by atoms with van der Waals surface area (Å²) < 4.78 is 20.1.